The Balaban J connectivity index is 1.43. The second kappa shape index (κ2) is 10.2. The van der Waals surface area contributed by atoms with Crippen molar-refractivity contribution in [3.05, 3.63) is 56.1 Å². The molecule has 0 unspecified atom stereocenters. The number of aromatic nitrogens is 6. The van der Waals surface area contributed by atoms with Crippen molar-refractivity contribution in [2.24, 2.45) is 4.99 Å². The average Bonchev–Trinajstić information content (AvgIpc) is 3.53. The van der Waals surface area contributed by atoms with Gasteiger partial charge in [-0.3, -0.25) is 18.6 Å². The molecule has 4 rings (SSSR count). The first kappa shape index (κ1) is 24.9. The molecular formula is C21H23ClF3N7O3. The van der Waals surface area contributed by atoms with Crippen LogP contribution in [0.1, 0.15) is 55.6 Å². The van der Waals surface area contributed by atoms with Crippen LogP contribution in [-0.2, 0) is 38.7 Å². The highest BCUT2D eigenvalue weighted by Crippen LogP contribution is 2.27. The van der Waals surface area contributed by atoms with Crippen LogP contribution in [0.2, 0.25) is 0 Å². The van der Waals surface area contributed by atoms with Gasteiger partial charge in [-0.25, -0.2) is 9.79 Å². The zero-order valence-corrected chi connectivity index (χ0v) is 19.6. The third-order valence-corrected chi connectivity index (χ3v) is 5.76. The van der Waals surface area contributed by atoms with Crippen molar-refractivity contribution in [1.82, 2.24) is 29.1 Å². The van der Waals surface area contributed by atoms with Gasteiger partial charge in [0, 0.05) is 32.1 Å². The van der Waals surface area contributed by atoms with Crippen LogP contribution >= 0.6 is 11.6 Å². The molecule has 0 aromatic carbocycles. The number of rotatable bonds is 10. The highest BCUT2D eigenvalue weighted by Gasteiger charge is 2.33. The number of hydrogen-bond donors (Lipinski definition) is 0. The molecule has 0 atom stereocenters. The number of unbranched alkanes of at least 4 members (excludes halogenated alkanes) is 2. The van der Waals surface area contributed by atoms with Gasteiger partial charge in [0.1, 0.15) is 17.5 Å². The molecule has 4 heterocycles. The van der Waals surface area contributed by atoms with Gasteiger partial charge in [0.2, 0.25) is 5.89 Å². The van der Waals surface area contributed by atoms with E-state index in [1.807, 2.05) is 0 Å². The minimum absolute atomic E-state index is 0.0902. The molecule has 14 heteroatoms. The Bertz CT molecular complexity index is 1350. The fourth-order valence-electron chi connectivity index (χ4n) is 3.84. The van der Waals surface area contributed by atoms with Gasteiger partial charge in [-0.1, -0.05) is 36.5 Å². The van der Waals surface area contributed by atoms with E-state index in [9.17, 15) is 22.8 Å². The van der Waals surface area contributed by atoms with Crippen LogP contribution in [0.3, 0.4) is 0 Å². The maximum atomic E-state index is 13.0. The van der Waals surface area contributed by atoms with Crippen molar-refractivity contribution in [2.45, 2.75) is 71.3 Å². The summed E-state index contributed by atoms with van der Waals surface area (Å²) in [5, 5.41) is 7.49. The molecule has 0 saturated carbocycles. The maximum Gasteiger partial charge on any atom is 0.435 e. The topological polar surface area (TPSA) is 113 Å². The summed E-state index contributed by atoms with van der Waals surface area (Å²) in [7, 11) is 0. The smallest absolute Gasteiger partial charge is 0.339 e. The van der Waals surface area contributed by atoms with E-state index in [2.05, 4.69) is 27.2 Å². The van der Waals surface area contributed by atoms with Gasteiger partial charge in [-0.05, 0) is 18.9 Å². The molecule has 35 heavy (non-hydrogen) atoms. The van der Waals surface area contributed by atoms with E-state index in [0.29, 0.717) is 24.3 Å². The number of aliphatic imine (C=N–C) groups is 1. The summed E-state index contributed by atoms with van der Waals surface area (Å²) in [6.45, 7) is 2.54. The second-order valence-electron chi connectivity index (χ2n) is 8.17. The number of aryl methyl sites for hydroxylation is 1. The standard InChI is InChI=1S/C21H23ClF3N7O3/c1-2-3-4-8-31-18-13(11-15(22)26-18)19(33)32(20(31)34)9-5-6-17-27-16(29-35-17)12-30-10-7-14(28-30)21(23,24)25/h7,10H,2-6,8-9,11-12H2,1H3. The van der Waals surface area contributed by atoms with Crippen LogP contribution in [0.25, 0.3) is 0 Å². The average molecular weight is 514 g/mol. The number of fused-ring (bicyclic) bond motifs is 1. The van der Waals surface area contributed by atoms with Gasteiger partial charge in [0.15, 0.2) is 11.5 Å². The molecule has 1 aliphatic rings. The fraction of sp³-hybridized carbons (Fsp3) is 0.524. The lowest BCUT2D eigenvalue weighted by atomic mass is 10.2. The van der Waals surface area contributed by atoms with Crippen molar-refractivity contribution in [3.8, 4) is 0 Å². The van der Waals surface area contributed by atoms with Gasteiger partial charge in [0.05, 0.1) is 5.56 Å². The molecule has 1 aliphatic heterocycles. The lowest BCUT2D eigenvalue weighted by molar-refractivity contribution is -0.141. The largest absolute Gasteiger partial charge is 0.435 e. The predicted molar refractivity (Wildman–Crippen MR) is 120 cm³/mol. The van der Waals surface area contributed by atoms with Crippen LogP contribution in [0.5, 0.6) is 0 Å². The van der Waals surface area contributed by atoms with E-state index in [4.69, 9.17) is 16.1 Å². The molecule has 0 fully saturated rings. The Morgan fingerprint density at radius 3 is 2.63 bits per heavy atom. The quantitative estimate of drug-likeness (QED) is 0.384. The molecule has 0 amide bonds. The third-order valence-electron chi connectivity index (χ3n) is 5.54. The number of alkyl halides is 3. The first-order valence-corrected chi connectivity index (χ1v) is 11.6. The monoisotopic (exact) mass is 513 g/mol. The lowest BCUT2D eigenvalue weighted by Crippen LogP contribution is -2.41. The molecule has 0 saturated heterocycles. The summed E-state index contributed by atoms with van der Waals surface area (Å²) in [5.41, 5.74) is -1.46. The van der Waals surface area contributed by atoms with Crippen molar-refractivity contribution >= 4 is 22.6 Å². The first-order valence-electron chi connectivity index (χ1n) is 11.2. The van der Waals surface area contributed by atoms with Gasteiger partial charge >= 0.3 is 11.9 Å². The summed E-state index contributed by atoms with van der Waals surface area (Å²) in [6, 6.07) is 0.864. The van der Waals surface area contributed by atoms with E-state index in [-0.39, 0.29) is 42.8 Å². The third kappa shape index (κ3) is 5.55. The van der Waals surface area contributed by atoms with Gasteiger partial charge in [0.25, 0.3) is 5.56 Å². The van der Waals surface area contributed by atoms with Crippen molar-refractivity contribution in [3.63, 3.8) is 0 Å². The highest BCUT2D eigenvalue weighted by atomic mass is 35.5. The first-order chi connectivity index (χ1) is 16.7. The van der Waals surface area contributed by atoms with E-state index in [1.165, 1.54) is 15.3 Å². The van der Waals surface area contributed by atoms with E-state index in [1.54, 1.807) is 0 Å². The maximum absolute atomic E-state index is 13.0. The Kier molecular flexibility index (Phi) is 7.24. The van der Waals surface area contributed by atoms with Gasteiger partial charge < -0.3 is 4.52 Å². The number of nitrogens with zero attached hydrogens (tertiary/aromatic N) is 7. The molecule has 3 aromatic heterocycles. The minimum Gasteiger partial charge on any atom is -0.339 e. The van der Waals surface area contributed by atoms with E-state index < -0.39 is 23.1 Å². The SMILES string of the molecule is CCCCCn1c2c(c(=O)n(CCCc3nc(Cn4ccc(C(F)(F)F)n4)no3)c1=O)CC(Cl)=N2. The number of hydrogen-bond acceptors (Lipinski definition) is 7. The Hall–Kier alpha value is -3.22. The van der Waals surface area contributed by atoms with Gasteiger partial charge in [-0.2, -0.15) is 23.3 Å². The van der Waals surface area contributed by atoms with Crippen molar-refractivity contribution < 1.29 is 17.7 Å². The summed E-state index contributed by atoms with van der Waals surface area (Å²) in [4.78, 5) is 34.3. The van der Waals surface area contributed by atoms with Gasteiger partial charge in [-0.15, -0.1) is 0 Å². The van der Waals surface area contributed by atoms with Crippen LogP contribution in [0.4, 0.5) is 19.0 Å². The molecule has 0 N–H and O–H groups in total. The van der Waals surface area contributed by atoms with Crippen LogP contribution in [-0.4, -0.2) is 34.2 Å². The predicted octanol–water partition coefficient (Wildman–Crippen LogP) is 3.30. The molecule has 10 nitrogen and oxygen atoms in total. The van der Waals surface area contributed by atoms with E-state index >= 15 is 0 Å². The molecule has 0 spiro atoms. The summed E-state index contributed by atoms with van der Waals surface area (Å²) in [6.07, 6.45) is 0.176. The zero-order chi connectivity index (χ0) is 25.2. The van der Waals surface area contributed by atoms with Crippen LogP contribution in [0.15, 0.2) is 31.4 Å². The molecular weight excluding hydrogens is 491 g/mol. The Morgan fingerprint density at radius 1 is 1.14 bits per heavy atom. The molecule has 0 bridgehead atoms. The van der Waals surface area contributed by atoms with Crippen LogP contribution < -0.4 is 11.2 Å². The summed E-state index contributed by atoms with van der Waals surface area (Å²) >= 11 is 6.05. The fourth-order valence-corrected chi connectivity index (χ4v) is 4.05. The molecule has 3 aromatic rings. The Morgan fingerprint density at radius 2 is 1.91 bits per heavy atom. The zero-order valence-electron chi connectivity index (χ0n) is 18.9. The van der Waals surface area contributed by atoms with E-state index in [0.717, 1.165) is 30.0 Å². The normalized spacial score (nSPS) is 13.3. The van der Waals surface area contributed by atoms with Crippen molar-refractivity contribution in [2.75, 3.05) is 0 Å². The Labute approximate surface area is 202 Å². The summed E-state index contributed by atoms with van der Waals surface area (Å²) in [5.74, 6) is 0.745. The highest BCUT2D eigenvalue weighted by molar-refractivity contribution is 6.66. The second-order valence-corrected chi connectivity index (χ2v) is 8.61. The molecule has 188 valence electrons. The molecule has 0 radical (unpaired) electrons. The summed E-state index contributed by atoms with van der Waals surface area (Å²) < 4.78 is 47.0. The lowest BCUT2D eigenvalue weighted by Gasteiger charge is -2.13. The minimum atomic E-state index is -4.53. The van der Waals surface area contributed by atoms with Crippen LogP contribution in [0, 0.1) is 0 Å². The number of halogens is 4. The molecule has 0 aliphatic carbocycles. The van der Waals surface area contributed by atoms with Crippen molar-refractivity contribution in [1.29, 1.82) is 0 Å².